The van der Waals surface area contributed by atoms with Gasteiger partial charge in [-0.1, -0.05) is 13.3 Å². The number of likely N-dealkylation sites (tertiary alicyclic amines) is 1. The van der Waals surface area contributed by atoms with Crippen LogP contribution in [0.3, 0.4) is 0 Å². The monoisotopic (exact) mass is 326 g/mol. The lowest BCUT2D eigenvalue weighted by molar-refractivity contribution is -0.210. The van der Waals surface area contributed by atoms with Gasteiger partial charge in [0.05, 0.1) is 19.8 Å². The molecule has 3 heterocycles. The number of carbonyl (C=O) groups excluding carboxylic acids is 1. The van der Waals surface area contributed by atoms with Crippen molar-refractivity contribution in [2.45, 2.75) is 57.3 Å². The fraction of sp³-hybridized carbons (Fsp3) is 0.941. The highest BCUT2D eigenvalue weighted by molar-refractivity contribution is 5.74. The van der Waals surface area contributed by atoms with Crippen LogP contribution < -0.4 is 5.32 Å². The van der Waals surface area contributed by atoms with Gasteiger partial charge in [0.2, 0.25) is 0 Å². The van der Waals surface area contributed by atoms with Crippen LogP contribution in [0.4, 0.5) is 4.79 Å². The van der Waals surface area contributed by atoms with Gasteiger partial charge >= 0.3 is 6.03 Å². The van der Waals surface area contributed by atoms with Gasteiger partial charge in [-0.2, -0.15) is 0 Å². The average molecular weight is 326 g/mol. The number of ether oxygens (including phenoxy) is 3. The summed E-state index contributed by atoms with van der Waals surface area (Å²) < 4.78 is 17.3. The summed E-state index contributed by atoms with van der Waals surface area (Å²) in [5.41, 5.74) is 0. The predicted molar refractivity (Wildman–Crippen MR) is 86.2 cm³/mol. The Kier molecular flexibility index (Phi) is 5.77. The van der Waals surface area contributed by atoms with E-state index < -0.39 is 5.79 Å². The van der Waals surface area contributed by atoms with Crippen LogP contribution in [0.25, 0.3) is 0 Å². The summed E-state index contributed by atoms with van der Waals surface area (Å²) >= 11 is 0. The number of hydrogen-bond donors (Lipinski definition) is 1. The Labute approximate surface area is 138 Å². The number of amides is 2. The molecule has 2 amide bonds. The summed E-state index contributed by atoms with van der Waals surface area (Å²) in [6.45, 7) is 6.42. The van der Waals surface area contributed by atoms with Gasteiger partial charge in [0.15, 0.2) is 5.79 Å². The Balaban J connectivity index is 1.41. The Bertz CT molecular complexity index is 398. The second-order valence-electron chi connectivity index (χ2n) is 6.95. The highest BCUT2D eigenvalue weighted by atomic mass is 16.7. The third-order valence-corrected chi connectivity index (χ3v) is 5.36. The highest BCUT2D eigenvalue weighted by Crippen LogP contribution is 2.33. The number of urea groups is 1. The molecule has 3 fully saturated rings. The zero-order valence-corrected chi connectivity index (χ0v) is 14.2. The molecule has 3 aliphatic rings. The van der Waals surface area contributed by atoms with Gasteiger partial charge in [0.1, 0.15) is 6.10 Å². The molecule has 6 heteroatoms. The maximum atomic E-state index is 12.4. The molecule has 2 unspecified atom stereocenters. The molecule has 132 valence electrons. The van der Waals surface area contributed by atoms with E-state index in [0.717, 1.165) is 44.7 Å². The van der Waals surface area contributed by atoms with Crippen LogP contribution in [0.1, 0.15) is 45.4 Å². The number of nitrogens with one attached hydrogen (secondary N) is 1. The third kappa shape index (κ3) is 4.37. The molecule has 0 radical (unpaired) electrons. The van der Waals surface area contributed by atoms with Gasteiger partial charge in [0.25, 0.3) is 0 Å². The lowest BCUT2D eigenvalue weighted by Gasteiger charge is -2.31. The van der Waals surface area contributed by atoms with Gasteiger partial charge in [-0.05, 0) is 25.2 Å². The normalized spacial score (nSPS) is 31.1. The van der Waals surface area contributed by atoms with E-state index in [-0.39, 0.29) is 12.1 Å². The second kappa shape index (κ2) is 7.81. The number of nitrogens with zero attached hydrogens (tertiary/aromatic N) is 1. The van der Waals surface area contributed by atoms with E-state index >= 15 is 0 Å². The summed E-state index contributed by atoms with van der Waals surface area (Å²) in [6, 6.07) is 0.0401. The summed E-state index contributed by atoms with van der Waals surface area (Å²) in [5.74, 6) is 0.303. The van der Waals surface area contributed by atoms with Crippen molar-refractivity contribution in [3.05, 3.63) is 0 Å². The first-order chi connectivity index (χ1) is 11.2. The van der Waals surface area contributed by atoms with Crippen molar-refractivity contribution in [1.29, 1.82) is 0 Å². The van der Waals surface area contributed by atoms with Crippen LogP contribution in [0.2, 0.25) is 0 Å². The SMILES string of the molecule is CCC1CCCN(C(=O)NCC2COC3(CCOCC3)O2)CC1. The van der Waals surface area contributed by atoms with Crippen molar-refractivity contribution >= 4 is 6.03 Å². The summed E-state index contributed by atoms with van der Waals surface area (Å²) in [7, 11) is 0. The Morgan fingerprint density at radius 2 is 2.09 bits per heavy atom. The summed E-state index contributed by atoms with van der Waals surface area (Å²) in [4.78, 5) is 14.3. The lowest BCUT2D eigenvalue weighted by atomic mass is 9.98. The van der Waals surface area contributed by atoms with Crippen molar-refractivity contribution in [3.8, 4) is 0 Å². The number of hydrogen-bond acceptors (Lipinski definition) is 4. The smallest absolute Gasteiger partial charge is 0.317 e. The van der Waals surface area contributed by atoms with Gasteiger partial charge < -0.3 is 24.4 Å². The van der Waals surface area contributed by atoms with E-state index in [9.17, 15) is 4.79 Å². The highest BCUT2D eigenvalue weighted by Gasteiger charge is 2.42. The van der Waals surface area contributed by atoms with E-state index in [0.29, 0.717) is 26.4 Å². The average Bonchev–Trinajstić information content (AvgIpc) is 2.82. The first kappa shape index (κ1) is 17.0. The fourth-order valence-electron chi connectivity index (χ4n) is 3.75. The van der Waals surface area contributed by atoms with E-state index in [4.69, 9.17) is 14.2 Å². The van der Waals surface area contributed by atoms with Gasteiger partial charge in [-0.3, -0.25) is 0 Å². The minimum Gasteiger partial charge on any atom is -0.381 e. The molecule has 0 bridgehead atoms. The van der Waals surface area contributed by atoms with Crippen molar-refractivity contribution in [2.24, 2.45) is 5.92 Å². The Morgan fingerprint density at radius 3 is 2.87 bits per heavy atom. The molecule has 0 aliphatic carbocycles. The summed E-state index contributed by atoms with van der Waals surface area (Å²) in [6.07, 6.45) is 6.20. The zero-order valence-electron chi connectivity index (χ0n) is 14.2. The van der Waals surface area contributed by atoms with Gasteiger partial charge in [-0.25, -0.2) is 4.79 Å². The van der Waals surface area contributed by atoms with E-state index in [1.54, 1.807) is 0 Å². The van der Waals surface area contributed by atoms with E-state index in [2.05, 4.69) is 12.2 Å². The van der Waals surface area contributed by atoms with E-state index in [1.165, 1.54) is 12.8 Å². The van der Waals surface area contributed by atoms with Crippen molar-refractivity contribution in [1.82, 2.24) is 10.2 Å². The summed E-state index contributed by atoms with van der Waals surface area (Å²) in [5, 5.41) is 3.03. The molecule has 3 saturated heterocycles. The number of rotatable bonds is 3. The molecule has 0 saturated carbocycles. The van der Waals surface area contributed by atoms with Crippen LogP contribution in [0.15, 0.2) is 0 Å². The molecule has 0 aromatic heterocycles. The molecule has 6 nitrogen and oxygen atoms in total. The largest absolute Gasteiger partial charge is 0.381 e. The van der Waals surface area contributed by atoms with Crippen LogP contribution in [0.5, 0.6) is 0 Å². The topological polar surface area (TPSA) is 60.0 Å². The molecule has 3 aliphatic heterocycles. The van der Waals surface area contributed by atoms with Crippen molar-refractivity contribution in [2.75, 3.05) is 39.5 Å². The van der Waals surface area contributed by atoms with Crippen LogP contribution in [-0.4, -0.2) is 62.3 Å². The van der Waals surface area contributed by atoms with Gasteiger partial charge in [-0.15, -0.1) is 0 Å². The third-order valence-electron chi connectivity index (χ3n) is 5.36. The fourth-order valence-corrected chi connectivity index (χ4v) is 3.75. The van der Waals surface area contributed by atoms with Crippen molar-refractivity contribution in [3.63, 3.8) is 0 Å². The van der Waals surface area contributed by atoms with Crippen LogP contribution in [0, 0.1) is 5.92 Å². The maximum Gasteiger partial charge on any atom is 0.317 e. The molecular weight excluding hydrogens is 296 g/mol. The molecule has 1 spiro atoms. The lowest BCUT2D eigenvalue weighted by Crippen LogP contribution is -2.44. The standard InChI is InChI=1S/C17H30N2O4/c1-2-14-4-3-8-19(9-5-14)16(20)18-12-15-13-22-17(23-15)6-10-21-11-7-17/h14-15H,2-13H2,1H3,(H,18,20). The molecule has 0 aromatic carbocycles. The maximum absolute atomic E-state index is 12.4. The molecule has 23 heavy (non-hydrogen) atoms. The zero-order chi connectivity index (χ0) is 16.1. The molecular formula is C17H30N2O4. The minimum absolute atomic E-state index is 0.0401. The predicted octanol–water partition coefficient (Wildman–Crippen LogP) is 2.13. The Morgan fingerprint density at radius 1 is 1.26 bits per heavy atom. The quantitative estimate of drug-likeness (QED) is 0.863. The second-order valence-corrected chi connectivity index (χ2v) is 6.95. The molecule has 3 rings (SSSR count). The number of carbonyl (C=O) groups is 1. The van der Waals surface area contributed by atoms with Crippen LogP contribution in [-0.2, 0) is 14.2 Å². The molecule has 2 atom stereocenters. The molecule has 0 aromatic rings. The van der Waals surface area contributed by atoms with E-state index in [1.807, 2.05) is 4.90 Å². The molecule has 1 N–H and O–H groups in total. The van der Waals surface area contributed by atoms with Gasteiger partial charge in [0, 0.05) is 32.5 Å². The van der Waals surface area contributed by atoms with Crippen molar-refractivity contribution < 1.29 is 19.0 Å². The first-order valence-corrected chi connectivity index (χ1v) is 9.13. The first-order valence-electron chi connectivity index (χ1n) is 9.13. The Hall–Kier alpha value is -0.850. The minimum atomic E-state index is -0.468. The van der Waals surface area contributed by atoms with Crippen LogP contribution >= 0.6 is 0 Å².